The van der Waals surface area contributed by atoms with Crippen molar-refractivity contribution in [3.63, 3.8) is 0 Å². The van der Waals surface area contributed by atoms with Crippen molar-refractivity contribution in [1.29, 1.82) is 0 Å². The fourth-order valence-electron chi connectivity index (χ4n) is 4.68. The third-order valence-corrected chi connectivity index (χ3v) is 6.23. The molecule has 2 aliphatic rings. The molecular formula is C24H24N4O5. The van der Waals surface area contributed by atoms with E-state index in [2.05, 4.69) is 10.6 Å². The lowest BCUT2D eigenvalue weighted by Crippen LogP contribution is -2.50. The Bertz CT molecular complexity index is 1230. The van der Waals surface area contributed by atoms with E-state index in [9.17, 15) is 14.4 Å². The number of ether oxygens (including phenoxy) is 1. The van der Waals surface area contributed by atoms with E-state index < -0.39 is 5.91 Å². The molecule has 2 atom stereocenters. The molecule has 9 nitrogen and oxygen atoms in total. The predicted octanol–water partition coefficient (Wildman–Crippen LogP) is 3.35. The lowest BCUT2D eigenvalue weighted by molar-refractivity contribution is 0.0996. The number of carbonyl (C=O) groups excluding carboxylic acids is 2. The zero-order valence-corrected chi connectivity index (χ0v) is 18.1. The molecule has 33 heavy (non-hydrogen) atoms. The Hall–Kier alpha value is -4.01. The van der Waals surface area contributed by atoms with Gasteiger partial charge in [-0.3, -0.25) is 9.59 Å². The summed E-state index contributed by atoms with van der Waals surface area (Å²) in [6, 6.07) is 13.7. The van der Waals surface area contributed by atoms with Crippen LogP contribution in [0.5, 0.6) is 5.75 Å². The van der Waals surface area contributed by atoms with Crippen molar-refractivity contribution in [2.75, 3.05) is 30.8 Å². The number of pyridine rings is 1. The predicted molar refractivity (Wildman–Crippen MR) is 122 cm³/mol. The first-order valence-corrected chi connectivity index (χ1v) is 10.8. The Kier molecular flexibility index (Phi) is 5.37. The smallest absolute Gasteiger partial charge is 0.321 e. The summed E-state index contributed by atoms with van der Waals surface area (Å²) in [6.07, 6.45) is 2.33. The summed E-state index contributed by atoms with van der Waals surface area (Å²) in [5, 5.41) is 5.58. The molecule has 2 N–H and O–H groups in total. The topological polar surface area (TPSA) is 106 Å². The van der Waals surface area contributed by atoms with Crippen LogP contribution in [0, 0.1) is 5.92 Å². The molecule has 0 spiro atoms. The summed E-state index contributed by atoms with van der Waals surface area (Å²) in [5.41, 5.74) is 1.56. The number of piperidine rings is 1. The van der Waals surface area contributed by atoms with Crippen LogP contribution in [0.3, 0.4) is 0 Å². The zero-order valence-electron chi connectivity index (χ0n) is 18.1. The van der Waals surface area contributed by atoms with Gasteiger partial charge in [0.25, 0.3) is 11.5 Å². The fraction of sp³-hybridized carbons (Fsp3) is 0.292. The number of anilines is 2. The first-order chi connectivity index (χ1) is 16.0. The number of aromatic nitrogens is 1. The molecule has 0 aliphatic carbocycles. The van der Waals surface area contributed by atoms with Gasteiger partial charge in [-0.25, -0.2) is 4.79 Å². The molecule has 0 radical (unpaired) electrons. The number of nitrogens with one attached hydrogen (secondary N) is 2. The number of amides is 3. The molecule has 1 aromatic carbocycles. The molecular weight excluding hydrogens is 424 g/mol. The highest BCUT2D eigenvalue weighted by Gasteiger charge is 2.36. The number of methoxy groups -OCH3 is 1. The molecule has 3 aromatic rings. The first-order valence-electron chi connectivity index (χ1n) is 10.8. The highest BCUT2D eigenvalue weighted by atomic mass is 16.5. The van der Waals surface area contributed by atoms with Crippen molar-refractivity contribution in [3.8, 4) is 5.75 Å². The number of nitrogens with zero attached hydrogens (tertiary/aromatic N) is 2. The molecule has 2 bridgehead atoms. The van der Waals surface area contributed by atoms with E-state index in [0.717, 1.165) is 17.9 Å². The Balaban J connectivity index is 1.31. The number of hydrogen-bond acceptors (Lipinski definition) is 5. The van der Waals surface area contributed by atoms with Gasteiger partial charge in [-0.05, 0) is 60.9 Å². The number of likely N-dealkylation sites (tertiary alicyclic amines) is 1. The van der Waals surface area contributed by atoms with E-state index >= 15 is 0 Å². The minimum absolute atomic E-state index is 0.0571. The van der Waals surface area contributed by atoms with Crippen molar-refractivity contribution < 1.29 is 18.7 Å². The lowest BCUT2D eigenvalue weighted by Gasteiger charge is -2.42. The molecule has 9 heteroatoms. The van der Waals surface area contributed by atoms with Crippen LogP contribution in [0.15, 0.2) is 64.0 Å². The number of rotatable bonds is 4. The third-order valence-electron chi connectivity index (χ3n) is 6.23. The number of urea groups is 1. The van der Waals surface area contributed by atoms with Gasteiger partial charge >= 0.3 is 6.03 Å². The Morgan fingerprint density at radius 2 is 1.85 bits per heavy atom. The second-order valence-corrected chi connectivity index (χ2v) is 8.38. The second kappa shape index (κ2) is 8.50. The normalized spacial score (nSPS) is 18.9. The van der Waals surface area contributed by atoms with Gasteiger partial charge in [0, 0.05) is 36.9 Å². The zero-order chi connectivity index (χ0) is 22.9. The Morgan fingerprint density at radius 1 is 1.03 bits per heavy atom. The molecule has 4 heterocycles. The van der Waals surface area contributed by atoms with Crippen LogP contribution >= 0.6 is 0 Å². The summed E-state index contributed by atoms with van der Waals surface area (Å²) in [4.78, 5) is 40.0. The van der Waals surface area contributed by atoms with Crippen LogP contribution in [0.2, 0.25) is 0 Å². The van der Waals surface area contributed by atoms with Gasteiger partial charge in [0.05, 0.1) is 13.4 Å². The molecule has 0 saturated carbocycles. The van der Waals surface area contributed by atoms with Crippen molar-refractivity contribution in [2.24, 2.45) is 5.92 Å². The minimum Gasteiger partial charge on any atom is -0.497 e. The molecule has 2 aromatic heterocycles. The van der Waals surface area contributed by atoms with Crippen LogP contribution in [0.1, 0.15) is 28.6 Å². The van der Waals surface area contributed by atoms with Crippen molar-refractivity contribution in [1.82, 2.24) is 9.47 Å². The van der Waals surface area contributed by atoms with E-state index in [1.807, 2.05) is 11.0 Å². The molecule has 1 saturated heterocycles. The van der Waals surface area contributed by atoms with Crippen LogP contribution in [0.25, 0.3) is 0 Å². The highest BCUT2D eigenvalue weighted by molar-refractivity contribution is 6.02. The van der Waals surface area contributed by atoms with E-state index in [-0.39, 0.29) is 34.9 Å². The SMILES string of the molecule is COc1ccc(NC(=O)N2C[C@H]3C[C@H](C2)c2ccc(NC(=O)c4ccco4)c(=O)n2C3)cc1. The van der Waals surface area contributed by atoms with E-state index in [1.54, 1.807) is 54.1 Å². The standard InChI is InChI=1S/C24H24N4O5/c1-32-18-6-4-17(5-7-18)25-24(31)27-12-15-11-16(14-27)20-9-8-19(23(30)28(20)13-15)26-22(29)21-3-2-10-33-21/h2-10,15-16H,11-14H2,1H3,(H,25,31)(H,26,29)/t15-,16-/m1/s1. The van der Waals surface area contributed by atoms with Gasteiger partial charge in [0.15, 0.2) is 5.76 Å². The number of fused-ring (bicyclic) bond motifs is 4. The lowest BCUT2D eigenvalue weighted by atomic mass is 9.83. The minimum atomic E-state index is -0.463. The maximum Gasteiger partial charge on any atom is 0.321 e. The largest absolute Gasteiger partial charge is 0.497 e. The maximum absolute atomic E-state index is 13.1. The monoisotopic (exact) mass is 448 g/mol. The van der Waals surface area contributed by atoms with Crippen LogP contribution in [0.4, 0.5) is 16.2 Å². The molecule has 0 unspecified atom stereocenters. The van der Waals surface area contributed by atoms with Gasteiger partial charge in [-0.15, -0.1) is 0 Å². The Labute approximate surface area is 190 Å². The fourth-order valence-corrected chi connectivity index (χ4v) is 4.68. The van der Waals surface area contributed by atoms with E-state index in [1.165, 1.54) is 6.26 Å². The summed E-state index contributed by atoms with van der Waals surface area (Å²) in [7, 11) is 1.60. The third kappa shape index (κ3) is 4.09. The van der Waals surface area contributed by atoms with Gasteiger partial charge in [-0.1, -0.05) is 0 Å². The van der Waals surface area contributed by atoms with Gasteiger partial charge < -0.3 is 29.3 Å². The van der Waals surface area contributed by atoms with E-state index in [0.29, 0.717) is 25.3 Å². The van der Waals surface area contributed by atoms with Crippen molar-refractivity contribution in [3.05, 3.63) is 76.6 Å². The molecule has 5 rings (SSSR count). The quantitative estimate of drug-likeness (QED) is 0.637. The summed E-state index contributed by atoms with van der Waals surface area (Å²) < 4.78 is 12.0. The second-order valence-electron chi connectivity index (χ2n) is 8.38. The molecule has 1 fully saturated rings. The van der Waals surface area contributed by atoms with Crippen molar-refractivity contribution in [2.45, 2.75) is 18.9 Å². The average molecular weight is 448 g/mol. The maximum atomic E-state index is 13.1. The molecule has 170 valence electrons. The highest BCUT2D eigenvalue weighted by Crippen LogP contribution is 2.35. The van der Waals surface area contributed by atoms with Crippen LogP contribution < -0.4 is 20.9 Å². The van der Waals surface area contributed by atoms with Gasteiger partial charge in [0.1, 0.15) is 11.4 Å². The molecule has 2 aliphatic heterocycles. The van der Waals surface area contributed by atoms with Crippen molar-refractivity contribution >= 4 is 23.3 Å². The van der Waals surface area contributed by atoms with Crippen LogP contribution in [-0.4, -0.2) is 41.6 Å². The number of carbonyl (C=O) groups is 2. The number of hydrogen-bond donors (Lipinski definition) is 2. The summed E-state index contributed by atoms with van der Waals surface area (Å²) in [5.74, 6) is 0.623. The summed E-state index contributed by atoms with van der Waals surface area (Å²) in [6.45, 7) is 1.59. The average Bonchev–Trinajstić information content (AvgIpc) is 3.37. The van der Waals surface area contributed by atoms with E-state index in [4.69, 9.17) is 9.15 Å². The first kappa shape index (κ1) is 20.9. The number of benzene rings is 1. The van der Waals surface area contributed by atoms with Gasteiger partial charge in [-0.2, -0.15) is 0 Å². The summed E-state index contributed by atoms with van der Waals surface area (Å²) >= 11 is 0. The molecule has 3 amide bonds. The van der Waals surface area contributed by atoms with Gasteiger partial charge in [0.2, 0.25) is 0 Å². The Morgan fingerprint density at radius 3 is 2.58 bits per heavy atom. The number of furan rings is 1. The van der Waals surface area contributed by atoms with Crippen LogP contribution in [-0.2, 0) is 6.54 Å².